The number of nitrogens with zero attached hydrogens (tertiary/aromatic N) is 3. The van der Waals surface area contributed by atoms with Gasteiger partial charge in [0, 0.05) is 65.0 Å². The molecule has 50 heavy (non-hydrogen) atoms. The van der Waals surface area contributed by atoms with Crippen molar-refractivity contribution in [2.75, 3.05) is 26.7 Å². The second-order valence-corrected chi connectivity index (χ2v) is 13.1. The standard InChI is InChI=1S/C37H38Cl2N6O5/c1-21(46)17-40-16-15-22-18-41-35-25(22)11-13-30(43-35)28-7-3-5-26(33(28)38)27-6-4-8-29(34(27)39)31-12-9-23(36(44-31)50-2)19-45(37(48)49)20-24-10-14-32(47)42-24/h3-9,11-13,18,21,24,40,46H,10,14-17,19-20H2,1-2H3,(H,41,43)(H,42,47)(H,48,49)/t21-,24-/m0/s1. The molecule has 11 nitrogen and oxygen atoms in total. The number of methoxy groups -OCH3 is 1. The normalized spacial score (nSPS) is 14.9. The molecule has 0 aliphatic carbocycles. The Morgan fingerprint density at radius 1 is 1.00 bits per heavy atom. The molecule has 1 aliphatic rings. The zero-order chi connectivity index (χ0) is 35.4. The minimum absolute atomic E-state index is 0.0408. The first-order valence-corrected chi connectivity index (χ1v) is 17.1. The first kappa shape index (κ1) is 35.2. The molecule has 13 heteroatoms. The molecule has 5 aromatic rings. The first-order valence-electron chi connectivity index (χ1n) is 16.4. The number of fused-ring (bicyclic) bond motifs is 1. The lowest BCUT2D eigenvalue weighted by atomic mass is 9.98. The van der Waals surface area contributed by atoms with Gasteiger partial charge < -0.3 is 35.5 Å². The van der Waals surface area contributed by atoms with E-state index in [4.69, 9.17) is 37.9 Å². The van der Waals surface area contributed by atoms with Crippen LogP contribution >= 0.6 is 23.2 Å². The molecule has 0 radical (unpaired) electrons. The fourth-order valence-corrected chi connectivity index (χ4v) is 6.89. The zero-order valence-corrected chi connectivity index (χ0v) is 29.2. The maximum absolute atomic E-state index is 12.0. The smallest absolute Gasteiger partial charge is 0.407 e. The van der Waals surface area contributed by atoms with Crippen LogP contribution < -0.4 is 15.4 Å². The van der Waals surface area contributed by atoms with Crippen LogP contribution in [0.2, 0.25) is 10.0 Å². The number of carboxylic acid groups (broad SMARTS) is 1. The van der Waals surface area contributed by atoms with Crippen molar-refractivity contribution in [1.82, 2.24) is 30.5 Å². The van der Waals surface area contributed by atoms with E-state index in [1.165, 1.54) is 12.0 Å². The summed E-state index contributed by atoms with van der Waals surface area (Å²) in [6.07, 6.45) is 2.24. The number of benzene rings is 2. The summed E-state index contributed by atoms with van der Waals surface area (Å²) in [6, 6.07) is 18.7. The van der Waals surface area contributed by atoms with Gasteiger partial charge >= 0.3 is 6.09 Å². The third kappa shape index (κ3) is 7.71. The quantitative estimate of drug-likeness (QED) is 0.0861. The number of halogens is 2. The lowest BCUT2D eigenvalue weighted by Crippen LogP contribution is -2.41. The van der Waals surface area contributed by atoms with E-state index in [9.17, 15) is 19.8 Å². The van der Waals surface area contributed by atoms with Crippen molar-refractivity contribution in [2.24, 2.45) is 0 Å². The lowest BCUT2D eigenvalue weighted by Gasteiger charge is -2.23. The van der Waals surface area contributed by atoms with Gasteiger partial charge in [0.1, 0.15) is 5.65 Å². The molecule has 1 aliphatic heterocycles. The number of aromatic nitrogens is 3. The molecular weight excluding hydrogens is 679 g/mol. The molecule has 0 unspecified atom stereocenters. The molecular formula is C37H38Cl2N6O5. The van der Waals surface area contributed by atoms with Crippen molar-refractivity contribution in [3.63, 3.8) is 0 Å². The highest BCUT2D eigenvalue weighted by atomic mass is 35.5. The molecule has 1 saturated heterocycles. The zero-order valence-electron chi connectivity index (χ0n) is 27.7. The number of pyridine rings is 2. The third-order valence-corrected chi connectivity index (χ3v) is 9.58. The van der Waals surface area contributed by atoms with Crippen LogP contribution in [0.4, 0.5) is 4.79 Å². The van der Waals surface area contributed by atoms with Crippen LogP contribution in [-0.4, -0.2) is 81.0 Å². The van der Waals surface area contributed by atoms with Gasteiger partial charge in [-0.15, -0.1) is 0 Å². The topological polar surface area (TPSA) is 153 Å². The molecule has 2 amide bonds. The van der Waals surface area contributed by atoms with Crippen LogP contribution in [0, 0.1) is 0 Å². The van der Waals surface area contributed by atoms with Crippen molar-refractivity contribution < 1.29 is 24.5 Å². The Bertz CT molecular complexity index is 2030. The molecule has 6 rings (SSSR count). The SMILES string of the molecule is COc1nc(-c2cccc(-c3cccc(-c4ccc5c(CCNC[C@H](C)O)c[nH]c5n4)c3Cl)c2Cl)ccc1CN(C[C@@H]1CCC(=O)N1)C(=O)O. The number of rotatable bonds is 13. The summed E-state index contributed by atoms with van der Waals surface area (Å²) in [7, 11) is 1.48. The molecule has 4 heterocycles. The average molecular weight is 718 g/mol. The summed E-state index contributed by atoms with van der Waals surface area (Å²) in [5.41, 5.74) is 6.59. The molecule has 3 aromatic heterocycles. The number of aromatic amines is 1. The summed E-state index contributed by atoms with van der Waals surface area (Å²) >= 11 is 14.1. The number of nitrogens with one attached hydrogen (secondary N) is 3. The van der Waals surface area contributed by atoms with Gasteiger partial charge in [-0.3, -0.25) is 4.79 Å². The molecule has 5 N–H and O–H groups in total. The van der Waals surface area contributed by atoms with Crippen molar-refractivity contribution in [3.05, 3.63) is 88.0 Å². The van der Waals surface area contributed by atoms with Crippen LogP contribution in [0.25, 0.3) is 44.7 Å². The van der Waals surface area contributed by atoms with Crippen molar-refractivity contribution in [2.45, 2.75) is 44.9 Å². The van der Waals surface area contributed by atoms with Crippen LogP contribution in [-0.2, 0) is 17.8 Å². The minimum atomic E-state index is -1.10. The number of carbonyl (C=O) groups excluding carboxylic acids is 1. The molecule has 0 saturated carbocycles. The van der Waals surface area contributed by atoms with Crippen LogP contribution in [0.5, 0.6) is 5.88 Å². The van der Waals surface area contributed by atoms with E-state index in [1.54, 1.807) is 19.1 Å². The van der Waals surface area contributed by atoms with Gasteiger partial charge in [-0.25, -0.2) is 14.8 Å². The monoisotopic (exact) mass is 716 g/mol. The van der Waals surface area contributed by atoms with Gasteiger partial charge in [0.05, 0.1) is 41.2 Å². The summed E-state index contributed by atoms with van der Waals surface area (Å²) in [4.78, 5) is 37.8. The molecule has 2 aromatic carbocycles. The number of ether oxygens (including phenoxy) is 1. The van der Waals surface area contributed by atoms with Gasteiger partial charge in [0.2, 0.25) is 11.8 Å². The van der Waals surface area contributed by atoms with E-state index < -0.39 is 12.2 Å². The number of aliphatic hydroxyl groups is 1. The minimum Gasteiger partial charge on any atom is -0.481 e. The van der Waals surface area contributed by atoms with E-state index in [0.29, 0.717) is 57.5 Å². The highest BCUT2D eigenvalue weighted by Crippen LogP contribution is 2.42. The van der Waals surface area contributed by atoms with E-state index in [0.717, 1.165) is 40.7 Å². The lowest BCUT2D eigenvalue weighted by molar-refractivity contribution is -0.119. The summed E-state index contributed by atoms with van der Waals surface area (Å²) in [5.74, 6) is 0.199. The molecule has 1 fully saturated rings. The molecule has 0 bridgehead atoms. The van der Waals surface area contributed by atoms with Crippen molar-refractivity contribution >= 4 is 46.2 Å². The van der Waals surface area contributed by atoms with E-state index in [2.05, 4.69) is 15.6 Å². The fourth-order valence-electron chi connectivity index (χ4n) is 6.24. The van der Waals surface area contributed by atoms with E-state index >= 15 is 0 Å². The van der Waals surface area contributed by atoms with Gasteiger partial charge in [0.25, 0.3) is 0 Å². The molecule has 260 valence electrons. The molecule has 0 spiro atoms. The Labute approximate surface area is 299 Å². The third-order valence-electron chi connectivity index (χ3n) is 8.76. The Balaban J connectivity index is 1.25. The number of aliphatic hydroxyl groups excluding tert-OH is 1. The predicted octanol–water partition coefficient (Wildman–Crippen LogP) is 6.55. The highest BCUT2D eigenvalue weighted by molar-refractivity contribution is 6.39. The van der Waals surface area contributed by atoms with Gasteiger partial charge in [0.15, 0.2) is 0 Å². The number of carbonyl (C=O) groups is 2. The van der Waals surface area contributed by atoms with Gasteiger partial charge in [-0.1, -0.05) is 59.6 Å². The maximum Gasteiger partial charge on any atom is 0.407 e. The Hall–Kier alpha value is -4.68. The maximum atomic E-state index is 12.0. The Morgan fingerprint density at radius 2 is 1.66 bits per heavy atom. The van der Waals surface area contributed by atoms with Gasteiger partial charge in [-0.05, 0) is 56.1 Å². The predicted molar refractivity (Wildman–Crippen MR) is 195 cm³/mol. The number of hydrogen-bond acceptors (Lipinski definition) is 7. The van der Waals surface area contributed by atoms with Crippen LogP contribution in [0.1, 0.15) is 30.9 Å². The second kappa shape index (κ2) is 15.5. The molecule has 2 atom stereocenters. The van der Waals surface area contributed by atoms with Crippen LogP contribution in [0.3, 0.4) is 0 Å². The average Bonchev–Trinajstić information content (AvgIpc) is 3.71. The Morgan fingerprint density at radius 3 is 2.28 bits per heavy atom. The van der Waals surface area contributed by atoms with E-state index in [-0.39, 0.29) is 30.9 Å². The summed E-state index contributed by atoms with van der Waals surface area (Å²) in [6.45, 7) is 3.25. The largest absolute Gasteiger partial charge is 0.481 e. The fraction of sp³-hybridized carbons (Fsp3) is 0.297. The first-order chi connectivity index (χ1) is 24.1. The van der Waals surface area contributed by atoms with Crippen molar-refractivity contribution in [3.8, 4) is 39.5 Å². The summed E-state index contributed by atoms with van der Waals surface area (Å²) in [5, 5.41) is 27.4. The van der Waals surface area contributed by atoms with Crippen molar-refractivity contribution in [1.29, 1.82) is 0 Å². The van der Waals surface area contributed by atoms with E-state index in [1.807, 2.05) is 54.7 Å². The number of amides is 2. The van der Waals surface area contributed by atoms with Gasteiger partial charge in [-0.2, -0.15) is 0 Å². The second-order valence-electron chi connectivity index (χ2n) is 12.4. The van der Waals surface area contributed by atoms with Crippen LogP contribution in [0.15, 0.2) is 66.9 Å². The Kier molecular flexibility index (Phi) is 10.9. The number of hydrogen-bond donors (Lipinski definition) is 5. The highest BCUT2D eigenvalue weighted by Gasteiger charge is 2.26. The summed E-state index contributed by atoms with van der Waals surface area (Å²) < 4.78 is 5.59. The number of H-pyrrole nitrogens is 1.